The number of rotatable bonds is 17. The fraction of sp³-hybridized carbons (Fsp3) is 0.410. The van der Waals surface area contributed by atoms with Crippen LogP contribution in [0.5, 0.6) is 0 Å². The number of amides is 1. The Morgan fingerprint density at radius 2 is 1.34 bits per heavy atom. The van der Waals surface area contributed by atoms with E-state index in [4.69, 9.17) is 4.74 Å². The summed E-state index contributed by atoms with van der Waals surface area (Å²) in [5, 5.41) is 30.4. The molecule has 0 aliphatic heterocycles. The van der Waals surface area contributed by atoms with Crippen molar-refractivity contribution in [1.29, 1.82) is 0 Å². The number of hydrogen-bond donors (Lipinski definition) is 4. The SMILES string of the molecule is C=C/C(C)=C/C=C/C(C)=C/C=C/C=C(C)/C=C/C=C(C)/C=C/C1=C(C)C(=O)C(OC(=O)CCC(=O)NC(CO)(CO)CO)CC1(C)C. The molecule has 256 valence electrons. The summed E-state index contributed by atoms with van der Waals surface area (Å²) in [5.41, 5.74) is 3.69. The second-order valence-corrected chi connectivity index (χ2v) is 12.6. The van der Waals surface area contributed by atoms with Crippen LogP contribution < -0.4 is 5.32 Å². The molecule has 1 amide bonds. The Morgan fingerprint density at radius 1 is 0.851 bits per heavy atom. The number of aliphatic hydroxyl groups excluding tert-OH is 3. The van der Waals surface area contributed by atoms with Crippen LogP contribution in [0.1, 0.15) is 67.7 Å². The van der Waals surface area contributed by atoms with Gasteiger partial charge in [-0.15, -0.1) is 0 Å². The van der Waals surface area contributed by atoms with Gasteiger partial charge in [0.05, 0.1) is 26.2 Å². The molecule has 0 saturated heterocycles. The van der Waals surface area contributed by atoms with Crippen LogP contribution in [0, 0.1) is 5.41 Å². The molecule has 1 rings (SSSR count). The minimum Gasteiger partial charge on any atom is -0.454 e. The molecule has 47 heavy (non-hydrogen) atoms. The number of hydrogen-bond acceptors (Lipinski definition) is 7. The van der Waals surface area contributed by atoms with E-state index in [-0.39, 0.29) is 18.6 Å². The van der Waals surface area contributed by atoms with Gasteiger partial charge in [0.25, 0.3) is 0 Å². The highest BCUT2D eigenvalue weighted by atomic mass is 16.5. The van der Waals surface area contributed by atoms with Crippen molar-refractivity contribution >= 4 is 17.7 Å². The smallest absolute Gasteiger partial charge is 0.307 e. The van der Waals surface area contributed by atoms with Crippen LogP contribution >= 0.6 is 0 Å². The van der Waals surface area contributed by atoms with Crippen molar-refractivity contribution < 1.29 is 34.4 Å². The zero-order chi connectivity index (χ0) is 35.6. The summed E-state index contributed by atoms with van der Waals surface area (Å²) in [5.74, 6) is -1.63. The topological polar surface area (TPSA) is 133 Å². The maximum atomic E-state index is 13.1. The number of carbonyl (C=O) groups is 3. The summed E-state index contributed by atoms with van der Waals surface area (Å²) in [7, 11) is 0. The zero-order valence-electron chi connectivity index (χ0n) is 29.0. The summed E-state index contributed by atoms with van der Waals surface area (Å²) in [4.78, 5) is 37.8. The van der Waals surface area contributed by atoms with Gasteiger partial charge in [0.1, 0.15) is 5.54 Å². The lowest BCUT2D eigenvalue weighted by Crippen LogP contribution is -2.57. The zero-order valence-corrected chi connectivity index (χ0v) is 29.0. The molecule has 8 heteroatoms. The average Bonchev–Trinajstić information content (AvgIpc) is 3.03. The van der Waals surface area contributed by atoms with Crippen molar-refractivity contribution in [1.82, 2.24) is 5.32 Å². The lowest BCUT2D eigenvalue weighted by atomic mass is 9.71. The molecule has 1 aliphatic rings. The van der Waals surface area contributed by atoms with Crippen molar-refractivity contribution in [2.75, 3.05) is 19.8 Å². The molecule has 0 aromatic carbocycles. The normalized spacial score (nSPS) is 18.7. The van der Waals surface area contributed by atoms with Gasteiger partial charge in [-0.25, -0.2) is 0 Å². The summed E-state index contributed by atoms with van der Waals surface area (Å²) in [6.07, 6.45) is 24.6. The van der Waals surface area contributed by atoms with Crippen LogP contribution in [0.25, 0.3) is 0 Å². The van der Waals surface area contributed by atoms with Crippen LogP contribution in [-0.2, 0) is 19.1 Å². The van der Waals surface area contributed by atoms with Gasteiger partial charge < -0.3 is 25.4 Å². The molecule has 8 nitrogen and oxygen atoms in total. The van der Waals surface area contributed by atoms with E-state index in [1.807, 2.05) is 121 Å². The van der Waals surface area contributed by atoms with E-state index in [2.05, 4.69) is 11.9 Å². The van der Waals surface area contributed by atoms with E-state index in [1.165, 1.54) is 0 Å². The van der Waals surface area contributed by atoms with Gasteiger partial charge >= 0.3 is 5.97 Å². The van der Waals surface area contributed by atoms with Gasteiger partial charge in [-0.1, -0.05) is 122 Å². The first-order valence-electron chi connectivity index (χ1n) is 15.7. The van der Waals surface area contributed by atoms with Gasteiger partial charge in [0, 0.05) is 12.8 Å². The summed E-state index contributed by atoms with van der Waals surface area (Å²) < 4.78 is 5.48. The van der Waals surface area contributed by atoms with Gasteiger partial charge in [-0.2, -0.15) is 0 Å². The van der Waals surface area contributed by atoms with Crippen LogP contribution in [-0.4, -0.2) is 64.4 Å². The quantitative estimate of drug-likeness (QED) is 0.112. The molecule has 0 spiro atoms. The second-order valence-electron chi connectivity index (χ2n) is 12.6. The van der Waals surface area contributed by atoms with Crippen molar-refractivity contribution in [3.8, 4) is 0 Å². The number of carbonyl (C=O) groups excluding carboxylic acids is 3. The van der Waals surface area contributed by atoms with Crippen molar-refractivity contribution in [3.05, 3.63) is 119 Å². The number of allylic oxidation sites excluding steroid dienone is 18. The lowest BCUT2D eigenvalue weighted by molar-refractivity contribution is -0.156. The third kappa shape index (κ3) is 14.5. The first kappa shape index (κ1) is 40.9. The van der Waals surface area contributed by atoms with E-state index < -0.39 is 48.8 Å². The van der Waals surface area contributed by atoms with E-state index >= 15 is 0 Å². The molecule has 0 radical (unpaired) electrons. The molecule has 0 bridgehead atoms. The molecular formula is C39H53NO7. The third-order valence-electron chi connectivity index (χ3n) is 7.73. The highest BCUT2D eigenvalue weighted by molar-refractivity contribution is 6.01. The standard InChI is InChI=1S/C39H53NO7/c1-9-28(2)16-12-17-29(3)14-10-11-15-30(4)18-13-19-31(5)20-21-33-32(6)37(46)34(24-38(33,7)8)47-36(45)23-22-35(44)40-39(25-41,26-42)27-43/h9-21,34,41-43H,1,22-27H2,2-8H3,(H,40,44)/b11-10+,17-12+,18-13+,21-20+,28-16+,29-14+,30-15+,31-19+. The number of ketones is 1. The summed E-state index contributed by atoms with van der Waals surface area (Å²) in [6, 6.07) is 0. The van der Waals surface area contributed by atoms with Crippen LogP contribution in [0.2, 0.25) is 0 Å². The van der Waals surface area contributed by atoms with Crippen molar-refractivity contribution in [3.63, 3.8) is 0 Å². The summed E-state index contributed by atoms with van der Waals surface area (Å²) in [6.45, 7) is 15.5. The minimum absolute atomic E-state index is 0.280. The number of Topliss-reactive ketones (excluding diaryl/α,β-unsaturated/α-hetero) is 1. The van der Waals surface area contributed by atoms with E-state index in [1.54, 1.807) is 6.92 Å². The largest absolute Gasteiger partial charge is 0.454 e. The van der Waals surface area contributed by atoms with Crippen molar-refractivity contribution in [2.45, 2.75) is 79.4 Å². The first-order valence-corrected chi connectivity index (χ1v) is 15.7. The second kappa shape index (κ2) is 20.2. The Labute approximate surface area is 280 Å². The maximum Gasteiger partial charge on any atom is 0.307 e. The van der Waals surface area contributed by atoms with E-state index in [0.717, 1.165) is 27.9 Å². The highest BCUT2D eigenvalue weighted by Gasteiger charge is 2.40. The Hall–Kier alpha value is -4.11. The van der Waals surface area contributed by atoms with Gasteiger partial charge in [0.2, 0.25) is 5.91 Å². The molecular weight excluding hydrogens is 594 g/mol. The fourth-order valence-electron chi connectivity index (χ4n) is 4.62. The predicted molar refractivity (Wildman–Crippen MR) is 189 cm³/mol. The third-order valence-corrected chi connectivity index (χ3v) is 7.73. The summed E-state index contributed by atoms with van der Waals surface area (Å²) >= 11 is 0. The number of esters is 1. The molecule has 1 unspecified atom stereocenters. The number of nitrogens with one attached hydrogen (secondary N) is 1. The van der Waals surface area contributed by atoms with Gasteiger partial charge in [-0.3, -0.25) is 14.4 Å². The maximum absolute atomic E-state index is 13.1. The van der Waals surface area contributed by atoms with Gasteiger partial charge in [0.15, 0.2) is 11.9 Å². The Balaban J connectivity index is 2.82. The highest BCUT2D eigenvalue weighted by Crippen LogP contribution is 2.40. The Morgan fingerprint density at radius 3 is 1.85 bits per heavy atom. The molecule has 1 aliphatic carbocycles. The molecule has 1 atom stereocenters. The molecule has 0 heterocycles. The Bertz CT molecular complexity index is 1400. The monoisotopic (exact) mass is 647 g/mol. The predicted octanol–water partition coefficient (Wildman–Crippen LogP) is 6.02. The molecule has 0 fully saturated rings. The average molecular weight is 648 g/mol. The van der Waals surface area contributed by atoms with E-state index in [0.29, 0.717) is 12.0 Å². The minimum atomic E-state index is -1.58. The molecule has 0 saturated carbocycles. The lowest BCUT2D eigenvalue weighted by Gasteiger charge is -2.36. The molecule has 4 N–H and O–H groups in total. The van der Waals surface area contributed by atoms with Crippen LogP contribution in [0.15, 0.2) is 119 Å². The van der Waals surface area contributed by atoms with Crippen LogP contribution in [0.3, 0.4) is 0 Å². The molecule has 0 aromatic rings. The van der Waals surface area contributed by atoms with Crippen LogP contribution in [0.4, 0.5) is 0 Å². The van der Waals surface area contributed by atoms with Gasteiger partial charge in [-0.05, 0) is 51.2 Å². The Kier molecular flexibility index (Phi) is 17.6. The number of aliphatic hydroxyl groups is 3. The molecule has 0 aromatic heterocycles. The fourth-order valence-corrected chi connectivity index (χ4v) is 4.62. The van der Waals surface area contributed by atoms with E-state index in [9.17, 15) is 29.7 Å². The van der Waals surface area contributed by atoms with Crippen molar-refractivity contribution in [2.24, 2.45) is 5.41 Å². The first-order chi connectivity index (χ1) is 22.1. The number of ether oxygens (including phenoxy) is 1.